The topological polar surface area (TPSA) is 70.6 Å². The monoisotopic (exact) mass is 241 g/mol. The minimum absolute atomic E-state index is 0.105. The van der Waals surface area contributed by atoms with Crippen molar-refractivity contribution < 1.29 is 5.21 Å². The summed E-state index contributed by atoms with van der Waals surface area (Å²) in [4.78, 5) is 0. The van der Waals surface area contributed by atoms with Crippen molar-refractivity contribution >= 4 is 5.84 Å². The van der Waals surface area contributed by atoms with Crippen LogP contribution in [0.2, 0.25) is 0 Å². The lowest BCUT2D eigenvalue weighted by atomic mass is 9.83. The van der Waals surface area contributed by atoms with Crippen LogP contribution in [0.4, 0.5) is 0 Å². The number of nitrogens with one attached hydrogen (secondary N) is 1. The molecule has 4 heteroatoms. The summed E-state index contributed by atoms with van der Waals surface area (Å²) >= 11 is 0. The quantitative estimate of drug-likeness (QED) is 0.289. The van der Waals surface area contributed by atoms with Gasteiger partial charge in [0.1, 0.15) is 5.84 Å². The lowest BCUT2D eigenvalue weighted by molar-refractivity contribution is 0.274. The minimum atomic E-state index is 0.105. The number of nitrogens with two attached hydrogens (primary N) is 1. The Labute approximate surface area is 105 Å². The molecular formula is C13H27N3O. The molecular weight excluding hydrogens is 214 g/mol. The second-order valence-corrected chi connectivity index (χ2v) is 5.34. The molecule has 0 heterocycles. The molecule has 100 valence electrons. The molecule has 4 nitrogen and oxygen atoms in total. The van der Waals surface area contributed by atoms with Crippen LogP contribution in [0, 0.1) is 11.8 Å². The molecule has 1 fully saturated rings. The van der Waals surface area contributed by atoms with E-state index < -0.39 is 0 Å². The number of hydrogen-bond donors (Lipinski definition) is 3. The van der Waals surface area contributed by atoms with E-state index in [1.165, 1.54) is 38.5 Å². The molecule has 0 aromatic heterocycles. The molecule has 1 aliphatic rings. The van der Waals surface area contributed by atoms with Crippen molar-refractivity contribution in [3.05, 3.63) is 0 Å². The molecule has 0 amide bonds. The van der Waals surface area contributed by atoms with Crippen molar-refractivity contribution in [1.82, 2.24) is 5.32 Å². The van der Waals surface area contributed by atoms with Crippen LogP contribution in [-0.2, 0) is 0 Å². The summed E-state index contributed by atoms with van der Waals surface area (Å²) in [6.07, 6.45) is 7.94. The maximum atomic E-state index is 8.57. The predicted molar refractivity (Wildman–Crippen MR) is 71.2 cm³/mol. The molecule has 1 saturated carbocycles. The van der Waals surface area contributed by atoms with Gasteiger partial charge in [0, 0.05) is 18.5 Å². The first-order valence-corrected chi connectivity index (χ1v) is 6.88. The van der Waals surface area contributed by atoms with Gasteiger partial charge < -0.3 is 16.3 Å². The number of hydrogen-bond acceptors (Lipinski definition) is 3. The van der Waals surface area contributed by atoms with Gasteiger partial charge in [0.05, 0.1) is 0 Å². The van der Waals surface area contributed by atoms with Gasteiger partial charge in [0.25, 0.3) is 0 Å². The lowest BCUT2D eigenvalue weighted by Crippen LogP contribution is -2.39. The molecule has 4 N–H and O–H groups in total. The van der Waals surface area contributed by atoms with E-state index in [2.05, 4.69) is 17.4 Å². The van der Waals surface area contributed by atoms with Gasteiger partial charge in [-0.1, -0.05) is 31.8 Å². The fourth-order valence-electron chi connectivity index (χ4n) is 2.61. The van der Waals surface area contributed by atoms with Crippen molar-refractivity contribution in [3.8, 4) is 0 Å². The molecule has 0 aromatic carbocycles. The van der Waals surface area contributed by atoms with E-state index in [0.29, 0.717) is 11.9 Å². The van der Waals surface area contributed by atoms with Crippen LogP contribution >= 0.6 is 0 Å². The highest BCUT2D eigenvalue weighted by atomic mass is 16.4. The van der Waals surface area contributed by atoms with Crippen LogP contribution in [0.15, 0.2) is 5.16 Å². The first-order valence-electron chi connectivity index (χ1n) is 6.88. The van der Waals surface area contributed by atoms with Crippen LogP contribution in [0.25, 0.3) is 0 Å². The van der Waals surface area contributed by atoms with E-state index in [1.54, 1.807) is 0 Å². The first-order chi connectivity index (χ1) is 8.17. The normalized spacial score (nSPS) is 28.0. The van der Waals surface area contributed by atoms with Gasteiger partial charge in [-0.05, 0) is 31.6 Å². The lowest BCUT2D eigenvalue weighted by Gasteiger charge is -2.29. The Hall–Kier alpha value is -0.770. The van der Waals surface area contributed by atoms with Crippen LogP contribution < -0.4 is 11.1 Å². The molecule has 1 unspecified atom stereocenters. The fraction of sp³-hybridized carbons (Fsp3) is 0.923. The van der Waals surface area contributed by atoms with E-state index in [-0.39, 0.29) is 5.92 Å². The number of oxime groups is 1. The Morgan fingerprint density at radius 2 is 2.06 bits per heavy atom. The second kappa shape index (κ2) is 7.54. The van der Waals surface area contributed by atoms with E-state index in [1.807, 2.05) is 6.92 Å². The standard InChI is InChI=1S/C13H27N3O/c1-3-4-11-5-7-12(8-6-11)15-9-10(2)13(14)16-17/h10-12,15,17H,3-9H2,1-2H3,(H2,14,16). The first kappa shape index (κ1) is 14.3. The zero-order chi connectivity index (χ0) is 12.7. The Morgan fingerprint density at radius 3 is 2.59 bits per heavy atom. The Bertz CT molecular complexity index is 235. The maximum Gasteiger partial charge on any atom is 0.143 e. The van der Waals surface area contributed by atoms with Crippen molar-refractivity contribution in [3.63, 3.8) is 0 Å². The molecule has 1 rings (SSSR count). The van der Waals surface area contributed by atoms with E-state index in [4.69, 9.17) is 10.9 Å². The van der Waals surface area contributed by atoms with Gasteiger partial charge in [0.2, 0.25) is 0 Å². The third-order valence-corrected chi connectivity index (χ3v) is 3.88. The molecule has 0 radical (unpaired) electrons. The second-order valence-electron chi connectivity index (χ2n) is 5.34. The summed E-state index contributed by atoms with van der Waals surface area (Å²) in [5.74, 6) is 1.37. The molecule has 0 aliphatic heterocycles. The fourth-order valence-corrected chi connectivity index (χ4v) is 2.61. The predicted octanol–water partition coefficient (Wildman–Crippen LogP) is 2.32. The Kier molecular flexibility index (Phi) is 6.34. The summed E-state index contributed by atoms with van der Waals surface area (Å²) in [5, 5.41) is 15.1. The molecule has 0 saturated heterocycles. The maximum absolute atomic E-state index is 8.57. The number of amidine groups is 1. The van der Waals surface area contributed by atoms with Crippen molar-refractivity contribution in [2.75, 3.05) is 6.54 Å². The third-order valence-electron chi connectivity index (χ3n) is 3.88. The van der Waals surface area contributed by atoms with E-state index in [9.17, 15) is 0 Å². The Balaban J connectivity index is 2.18. The van der Waals surface area contributed by atoms with E-state index >= 15 is 0 Å². The van der Waals surface area contributed by atoms with Gasteiger partial charge >= 0.3 is 0 Å². The molecule has 0 bridgehead atoms. The third kappa shape index (κ3) is 4.94. The molecule has 1 aliphatic carbocycles. The minimum Gasteiger partial charge on any atom is -0.409 e. The summed E-state index contributed by atoms with van der Waals surface area (Å²) in [7, 11) is 0. The highest BCUT2D eigenvalue weighted by Crippen LogP contribution is 2.27. The van der Waals surface area contributed by atoms with E-state index in [0.717, 1.165) is 12.5 Å². The van der Waals surface area contributed by atoms with Crippen LogP contribution in [0.1, 0.15) is 52.4 Å². The number of rotatable bonds is 6. The van der Waals surface area contributed by atoms with Gasteiger partial charge in [-0.2, -0.15) is 0 Å². The van der Waals surface area contributed by atoms with Crippen molar-refractivity contribution in [2.45, 2.75) is 58.4 Å². The highest BCUT2D eigenvalue weighted by molar-refractivity contribution is 5.82. The zero-order valence-corrected chi connectivity index (χ0v) is 11.2. The average Bonchev–Trinajstić information content (AvgIpc) is 2.37. The average molecular weight is 241 g/mol. The van der Waals surface area contributed by atoms with Crippen molar-refractivity contribution in [2.24, 2.45) is 22.7 Å². The van der Waals surface area contributed by atoms with Gasteiger partial charge in [0.15, 0.2) is 0 Å². The van der Waals surface area contributed by atoms with Crippen LogP contribution in [-0.4, -0.2) is 23.6 Å². The molecule has 1 atom stereocenters. The van der Waals surface area contributed by atoms with Crippen LogP contribution in [0.5, 0.6) is 0 Å². The smallest absolute Gasteiger partial charge is 0.143 e. The SMILES string of the molecule is CCCC1CCC(NCC(C)C(N)=NO)CC1. The van der Waals surface area contributed by atoms with Gasteiger partial charge in [-0.15, -0.1) is 0 Å². The molecule has 0 spiro atoms. The zero-order valence-electron chi connectivity index (χ0n) is 11.2. The van der Waals surface area contributed by atoms with Gasteiger partial charge in [-0.25, -0.2) is 0 Å². The van der Waals surface area contributed by atoms with Crippen LogP contribution in [0.3, 0.4) is 0 Å². The Morgan fingerprint density at radius 1 is 1.41 bits per heavy atom. The molecule has 17 heavy (non-hydrogen) atoms. The van der Waals surface area contributed by atoms with Gasteiger partial charge in [-0.3, -0.25) is 0 Å². The summed E-state index contributed by atoms with van der Waals surface area (Å²) in [5.41, 5.74) is 5.55. The number of nitrogens with zero attached hydrogens (tertiary/aromatic N) is 1. The molecule has 0 aromatic rings. The summed E-state index contributed by atoms with van der Waals surface area (Å²) in [6, 6.07) is 0.622. The highest BCUT2D eigenvalue weighted by Gasteiger charge is 2.20. The largest absolute Gasteiger partial charge is 0.409 e. The van der Waals surface area contributed by atoms with Crippen molar-refractivity contribution in [1.29, 1.82) is 0 Å². The summed E-state index contributed by atoms with van der Waals surface area (Å²) in [6.45, 7) is 5.05. The summed E-state index contributed by atoms with van der Waals surface area (Å²) < 4.78 is 0.